The second kappa shape index (κ2) is 8.84. The highest BCUT2D eigenvalue weighted by molar-refractivity contribution is 5.82. The van der Waals surface area contributed by atoms with E-state index in [0.29, 0.717) is 25.9 Å². The van der Waals surface area contributed by atoms with Crippen molar-refractivity contribution in [3.05, 3.63) is 0 Å². The maximum absolute atomic E-state index is 12.1. The van der Waals surface area contributed by atoms with Crippen LogP contribution in [0.2, 0.25) is 0 Å². The van der Waals surface area contributed by atoms with E-state index in [2.05, 4.69) is 5.32 Å². The van der Waals surface area contributed by atoms with Crippen LogP contribution in [0.4, 0.5) is 4.79 Å². The van der Waals surface area contributed by atoms with Crippen molar-refractivity contribution in [3.63, 3.8) is 0 Å². The summed E-state index contributed by atoms with van der Waals surface area (Å²) in [5.41, 5.74) is 0. The van der Waals surface area contributed by atoms with Gasteiger partial charge in [-0.1, -0.05) is 12.8 Å². The first-order valence-electron chi connectivity index (χ1n) is 7.40. The highest BCUT2D eigenvalue weighted by atomic mass is 16.5. The lowest BCUT2D eigenvalue weighted by Crippen LogP contribution is -2.53. The number of urea groups is 1. The van der Waals surface area contributed by atoms with E-state index in [1.807, 2.05) is 0 Å². The van der Waals surface area contributed by atoms with E-state index in [0.717, 1.165) is 19.3 Å². The molecule has 1 saturated carbocycles. The van der Waals surface area contributed by atoms with Gasteiger partial charge in [-0.2, -0.15) is 0 Å². The number of methoxy groups -OCH3 is 1. The Bertz CT molecular complexity index is 350. The molecule has 0 heterocycles. The number of rotatable bonds is 7. The lowest BCUT2D eigenvalue weighted by molar-refractivity contribution is -0.139. The number of nitrogens with one attached hydrogen (secondary N) is 1. The van der Waals surface area contributed by atoms with Gasteiger partial charge in [-0.05, 0) is 25.7 Å². The lowest BCUT2D eigenvalue weighted by atomic mass is 9.92. The number of carbonyl (C=O) groups excluding carboxylic acids is 1. The molecule has 7 nitrogen and oxygen atoms in total. The molecule has 0 aromatic heterocycles. The van der Waals surface area contributed by atoms with Crippen LogP contribution in [0.5, 0.6) is 0 Å². The smallest absolute Gasteiger partial charge is 0.326 e. The molecule has 3 atom stereocenters. The van der Waals surface area contributed by atoms with Crippen LogP contribution < -0.4 is 5.32 Å². The van der Waals surface area contributed by atoms with Crippen LogP contribution in [0.3, 0.4) is 0 Å². The van der Waals surface area contributed by atoms with E-state index in [-0.39, 0.29) is 6.04 Å². The van der Waals surface area contributed by atoms with E-state index >= 15 is 0 Å². The number of aliphatic carboxylic acids is 1. The number of aliphatic hydroxyl groups is 1. The van der Waals surface area contributed by atoms with Gasteiger partial charge in [0.25, 0.3) is 0 Å². The number of carboxylic acids is 1. The Morgan fingerprint density at radius 3 is 2.62 bits per heavy atom. The fourth-order valence-electron chi connectivity index (χ4n) is 2.63. The van der Waals surface area contributed by atoms with Crippen LogP contribution in [-0.4, -0.2) is 66.1 Å². The molecule has 1 aliphatic carbocycles. The number of aliphatic hydroxyl groups excluding tert-OH is 1. The summed E-state index contributed by atoms with van der Waals surface area (Å²) in [7, 11) is 3.15. The lowest BCUT2D eigenvalue weighted by Gasteiger charge is -2.35. The minimum Gasteiger partial charge on any atom is -0.480 e. The minimum absolute atomic E-state index is 0.243. The third kappa shape index (κ3) is 5.51. The van der Waals surface area contributed by atoms with E-state index < -0.39 is 24.1 Å². The molecule has 1 fully saturated rings. The topological polar surface area (TPSA) is 99.1 Å². The quantitative estimate of drug-likeness (QED) is 0.604. The summed E-state index contributed by atoms with van der Waals surface area (Å²) < 4.78 is 4.88. The summed E-state index contributed by atoms with van der Waals surface area (Å²) >= 11 is 0. The standard InChI is InChI=1S/C14H26N2O5/c1-16(11-7-3-4-8-12(11)17)14(20)15-10(13(18)19)6-5-9-21-2/h10-12,17H,3-9H2,1-2H3,(H,15,20)(H,18,19). The molecule has 0 aromatic carbocycles. The molecule has 3 N–H and O–H groups in total. The molecule has 0 bridgehead atoms. The van der Waals surface area contributed by atoms with Gasteiger partial charge in [0, 0.05) is 20.8 Å². The number of hydrogen-bond donors (Lipinski definition) is 3. The van der Waals surface area contributed by atoms with Gasteiger partial charge in [-0.3, -0.25) is 0 Å². The molecular formula is C14H26N2O5. The van der Waals surface area contributed by atoms with Crippen LogP contribution in [-0.2, 0) is 9.53 Å². The van der Waals surface area contributed by atoms with E-state index in [4.69, 9.17) is 9.84 Å². The van der Waals surface area contributed by atoms with Gasteiger partial charge in [0.2, 0.25) is 0 Å². The van der Waals surface area contributed by atoms with Crippen molar-refractivity contribution in [2.24, 2.45) is 0 Å². The highest BCUT2D eigenvalue weighted by Gasteiger charge is 2.31. The second-order valence-corrected chi connectivity index (χ2v) is 5.51. The Morgan fingerprint density at radius 1 is 1.38 bits per heavy atom. The molecule has 0 radical (unpaired) electrons. The van der Waals surface area contributed by atoms with Gasteiger partial charge in [0.05, 0.1) is 12.1 Å². The third-order valence-corrected chi connectivity index (χ3v) is 3.95. The zero-order valence-electron chi connectivity index (χ0n) is 12.7. The molecule has 0 aliphatic heterocycles. The van der Waals surface area contributed by atoms with Crippen molar-refractivity contribution in [3.8, 4) is 0 Å². The first-order chi connectivity index (χ1) is 9.97. The fourth-order valence-corrected chi connectivity index (χ4v) is 2.63. The summed E-state index contributed by atoms with van der Waals surface area (Å²) in [6, 6.07) is -1.63. The molecule has 1 rings (SSSR count). The molecule has 7 heteroatoms. The molecule has 122 valence electrons. The Morgan fingerprint density at radius 2 is 2.05 bits per heavy atom. The first kappa shape index (κ1) is 17.7. The SMILES string of the molecule is COCCCC(NC(=O)N(C)C1CCCCC1O)C(=O)O. The maximum atomic E-state index is 12.1. The molecular weight excluding hydrogens is 276 g/mol. The summed E-state index contributed by atoms with van der Waals surface area (Å²) in [6.45, 7) is 0.455. The Labute approximate surface area is 125 Å². The number of likely N-dealkylation sites (N-methyl/N-ethyl adjacent to an activating group) is 1. The van der Waals surface area contributed by atoms with Crippen molar-refractivity contribution in [2.75, 3.05) is 20.8 Å². The number of amides is 2. The van der Waals surface area contributed by atoms with Crippen LogP contribution >= 0.6 is 0 Å². The molecule has 2 amide bonds. The van der Waals surface area contributed by atoms with Crippen molar-refractivity contribution >= 4 is 12.0 Å². The van der Waals surface area contributed by atoms with Gasteiger partial charge in [-0.25, -0.2) is 9.59 Å². The van der Waals surface area contributed by atoms with Gasteiger partial charge in [0.1, 0.15) is 6.04 Å². The van der Waals surface area contributed by atoms with Gasteiger partial charge in [-0.15, -0.1) is 0 Å². The van der Waals surface area contributed by atoms with Gasteiger partial charge >= 0.3 is 12.0 Å². The van der Waals surface area contributed by atoms with Gasteiger partial charge in [0.15, 0.2) is 0 Å². The van der Waals surface area contributed by atoms with Crippen molar-refractivity contribution in [2.45, 2.75) is 56.7 Å². The van der Waals surface area contributed by atoms with E-state index in [1.165, 1.54) is 4.90 Å². The Hall–Kier alpha value is -1.34. The predicted octanol–water partition coefficient (Wildman–Crippen LogP) is 0.811. The monoisotopic (exact) mass is 302 g/mol. The first-order valence-corrected chi connectivity index (χ1v) is 7.40. The number of nitrogens with zero attached hydrogens (tertiary/aromatic N) is 1. The normalized spacial score (nSPS) is 23.4. The second-order valence-electron chi connectivity index (χ2n) is 5.51. The zero-order valence-corrected chi connectivity index (χ0v) is 12.7. The molecule has 0 saturated heterocycles. The fraction of sp³-hybridized carbons (Fsp3) is 0.857. The Balaban J connectivity index is 2.53. The largest absolute Gasteiger partial charge is 0.480 e. The third-order valence-electron chi connectivity index (χ3n) is 3.95. The summed E-state index contributed by atoms with van der Waals surface area (Å²) in [4.78, 5) is 24.7. The molecule has 0 aromatic rings. The summed E-state index contributed by atoms with van der Waals surface area (Å²) in [5.74, 6) is -1.06. The average Bonchev–Trinajstić information content (AvgIpc) is 2.45. The number of carbonyl (C=O) groups is 2. The maximum Gasteiger partial charge on any atom is 0.326 e. The Kier molecular flexibility index (Phi) is 7.45. The molecule has 3 unspecified atom stereocenters. The highest BCUT2D eigenvalue weighted by Crippen LogP contribution is 2.22. The van der Waals surface area contributed by atoms with Crippen LogP contribution in [0.1, 0.15) is 38.5 Å². The predicted molar refractivity (Wildman–Crippen MR) is 77.1 cm³/mol. The summed E-state index contributed by atoms with van der Waals surface area (Å²) in [5, 5.41) is 21.6. The van der Waals surface area contributed by atoms with Crippen LogP contribution in [0, 0.1) is 0 Å². The number of ether oxygens (including phenoxy) is 1. The molecule has 0 spiro atoms. The van der Waals surface area contributed by atoms with E-state index in [1.54, 1.807) is 14.2 Å². The molecule has 1 aliphatic rings. The van der Waals surface area contributed by atoms with Crippen molar-refractivity contribution < 1.29 is 24.5 Å². The average molecular weight is 302 g/mol. The number of hydrogen-bond acceptors (Lipinski definition) is 4. The van der Waals surface area contributed by atoms with Crippen molar-refractivity contribution in [1.82, 2.24) is 10.2 Å². The van der Waals surface area contributed by atoms with Gasteiger partial charge < -0.3 is 25.2 Å². The summed E-state index contributed by atoms with van der Waals surface area (Å²) in [6.07, 6.45) is 3.69. The van der Waals surface area contributed by atoms with Crippen LogP contribution in [0.15, 0.2) is 0 Å². The van der Waals surface area contributed by atoms with E-state index in [9.17, 15) is 14.7 Å². The molecule has 21 heavy (non-hydrogen) atoms. The van der Waals surface area contributed by atoms with Crippen molar-refractivity contribution in [1.29, 1.82) is 0 Å². The van der Waals surface area contributed by atoms with Crippen LogP contribution in [0.25, 0.3) is 0 Å². The zero-order chi connectivity index (χ0) is 15.8. The number of carboxylic acid groups (broad SMARTS) is 1. The minimum atomic E-state index is -1.06.